The van der Waals surface area contributed by atoms with Crippen molar-refractivity contribution in [1.82, 2.24) is 36.4 Å². The van der Waals surface area contributed by atoms with Crippen LogP contribution >= 0.6 is 0 Å². The summed E-state index contributed by atoms with van der Waals surface area (Å²) in [6, 6.07) is -6.89. The molecule has 0 aliphatic carbocycles. The molecule has 4 fully saturated rings. The summed E-state index contributed by atoms with van der Waals surface area (Å²) >= 11 is 0. The molecule has 0 radical (unpaired) electrons. The highest BCUT2D eigenvalue weighted by Gasteiger charge is 2.45. The molecule has 0 aromatic rings. The van der Waals surface area contributed by atoms with Gasteiger partial charge in [-0.1, -0.05) is 13.8 Å². The normalized spacial score (nSPS) is 30.5. The van der Waals surface area contributed by atoms with Crippen molar-refractivity contribution in [2.45, 2.75) is 135 Å². The Balaban J connectivity index is 2.04. The molecule has 1 unspecified atom stereocenters. The zero-order valence-corrected chi connectivity index (χ0v) is 29.7. The highest BCUT2D eigenvalue weighted by molar-refractivity contribution is 5.96. The van der Waals surface area contributed by atoms with Crippen LogP contribution in [0.4, 0.5) is 0 Å². The number of hydrogen-bond acceptors (Lipinski definition) is 9. The van der Waals surface area contributed by atoms with E-state index < -0.39 is 89.8 Å². The predicted octanol–water partition coefficient (Wildman–Crippen LogP) is -1.15. The fraction of sp³-hybridized carbons (Fsp3) is 0.788. The maximum atomic E-state index is 14.0. The Morgan fingerprint density at radius 1 is 0.857 bits per heavy atom. The van der Waals surface area contributed by atoms with Gasteiger partial charge in [0.25, 0.3) is 0 Å². The molecular weight excluding hydrogens is 638 g/mol. The van der Waals surface area contributed by atoms with Crippen molar-refractivity contribution < 1.29 is 43.8 Å². The van der Waals surface area contributed by atoms with E-state index >= 15 is 0 Å². The van der Waals surface area contributed by atoms with Crippen molar-refractivity contribution >= 4 is 41.4 Å². The summed E-state index contributed by atoms with van der Waals surface area (Å²) in [5.74, 6) is -5.58. The van der Waals surface area contributed by atoms with E-state index in [2.05, 4.69) is 26.6 Å². The summed E-state index contributed by atoms with van der Waals surface area (Å²) in [7, 11) is 0. The number of aliphatic hydroxyl groups excluding tert-OH is 1. The molecule has 4 saturated heterocycles. The van der Waals surface area contributed by atoms with Crippen LogP contribution in [0.1, 0.15) is 87.0 Å². The quantitative estimate of drug-likeness (QED) is 0.165. The number of amides is 6. The second-order valence-corrected chi connectivity index (χ2v) is 15.1. The molecule has 16 heteroatoms. The summed E-state index contributed by atoms with van der Waals surface area (Å²) < 4.78 is 0. The van der Waals surface area contributed by atoms with Crippen molar-refractivity contribution in [3.8, 4) is 0 Å². The molecule has 7 atom stereocenters. The molecule has 4 rings (SSSR count). The maximum absolute atomic E-state index is 14.0. The SMILES string of the molecule is CC(C)C[C@@H]1NC(=O)C2CCN(CC2)C(=O)[C@@H]2CCCN2[C@H](C(=O)NC(C)(C)C)C(C)NC(=O)[C@H]([C@@H](C)O)NC(=O)[C@H](CC(=O)O)NC1=O. The van der Waals surface area contributed by atoms with E-state index in [9.17, 15) is 43.8 Å². The molecule has 0 spiro atoms. The first kappa shape index (κ1) is 39.6. The standard InChI is InChI=1S/C33H55N7O9/c1-17(2)15-21-28(45)36-22(16-24(42)43)29(46)37-25(19(4)41)30(47)34-18(3)26(31(48)38-33(5,6)7)40-12-8-9-23(40)32(49)39-13-10-20(11-14-39)27(44)35-21/h17-23,25-26,41H,8-16H2,1-7H3,(H,34,47)(H,35,44)(H,36,45)(H,37,46)(H,38,48)(H,42,43)/t18?,19-,21+,22+,23+,25+,26+/m1/s1. The lowest BCUT2D eigenvalue weighted by Crippen LogP contribution is -2.65. The lowest BCUT2D eigenvalue weighted by Gasteiger charge is -2.40. The monoisotopic (exact) mass is 693 g/mol. The number of aliphatic hydroxyl groups is 1. The van der Waals surface area contributed by atoms with E-state index in [4.69, 9.17) is 0 Å². The number of rotatable bonds is 6. The van der Waals surface area contributed by atoms with Crippen LogP contribution < -0.4 is 26.6 Å². The number of carbonyl (C=O) groups excluding carboxylic acids is 6. The van der Waals surface area contributed by atoms with E-state index in [1.165, 1.54) is 6.92 Å². The van der Waals surface area contributed by atoms with Crippen LogP contribution in [0.2, 0.25) is 0 Å². The number of carboxylic acid groups (broad SMARTS) is 1. The van der Waals surface area contributed by atoms with Crippen LogP contribution in [0.5, 0.6) is 0 Å². The van der Waals surface area contributed by atoms with Gasteiger partial charge in [-0.3, -0.25) is 38.5 Å². The van der Waals surface area contributed by atoms with Gasteiger partial charge in [0.2, 0.25) is 35.4 Å². The van der Waals surface area contributed by atoms with Gasteiger partial charge in [-0.2, -0.15) is 0 Å². The van der Waals surface area contributed by atoms with Crippen LogP contribution in [0.3, 0.4) is 0 Å². The zero-order valence-electron chi connectivity index (χ0n) is 29.7. The smallest absolute Gasteiger partial charge is 0.305 e. The fourth-order valence-corrected chi connectivity index (χ4v) is 6.77. The molecule has 4 aliphatic rings. The molecular formula is C33H55N7O9. The molecule has 276 valence electrons. The first-order valence-corrected chi connectivity index (χ1v) is 17.3. The number of nitrogens with one attached hydrogen (secondary N) is 5. The average molecular weight is 694 g/mol. The molecule has 0 aromatic heterocycles. The first-order valence-electron chi connectivity index (χ1n) is 17.3. The van der Waals surface area contributed by atoms with Crippen molar-refractivity contribution in [1.29, 1.82) is 0 Å². The maximum Gasteiger partial charge on any atom is 0.305 e. The van der Waals surface area contributed by atoms with Crippen molar-refractivity contribution in [2.24, 2.45) is 11.8 Å². The fourth-order valence-electron chi connectivity index (χ4n) is 6.77. The summed E-state index contributed by atoms with van der Waals surface area (Å²) in [6.45, 7) is 13.0. The van der Waals surface area contributed by atoms with E-state index in [1.807, 2.05) is 34.6 Å². The van der Waals surface area contributed by atoms with Gasteiger partial charge in [0.05, 0.1) is 24.6 Å². The lowest BCUT2D eigenvalue weighted by molar-refractivity contribution is -0.143. The Morgan fingerprint density at radius 3 is 2.00 bits per heavy atom. The summed E-state index contributed by atoms with van der Waals surface area (Å²) in [5, 5.41) is 33.4. The van der Waals surface area contributed by atoms with Gasteiger partial charge in [0.15, 0.2) is 0 Å². The van der Waals surface area contributed by atoms with Crippen LogP contribution in [0, 0.1) is 11.8 Å². The Morgan fingerprint density at radius 2 is 1.45 bits per heavy atom. The van der Waals surface area contributed by atoms with Gasteiger partial charge in [-0.25, -0.2) is 0 Å². The van der Waals surface area contributed by atoms with Crippen LogP contribution in [0.15, 0.2) is 0 Å². The number of aliphatic carboxylic acids is 1. The van der Waals surface area contributed by atoms with Crippen LogP contribution in [0.25, 0.3) is 0 Å². The van der Waals surface area contributed by atoms with Crippen LogP contribution in [-0.2, 0) is 33.6 Å². The Labute approximate surface area is 287 Å². The minimum absolute atomic E-state index is 0.0539. The van der Waals surface area contributed by atoms with Gasteiger partial charge in [0.1, 0.15) is 24.2 Å². The molecule has 2 bridgehead atoms. The minimum atomic E-state index is -1.64. The Bertz CT molecular complexity index is 1260. The van der Waals surface area contributed by atoms with E-state index in [0.717, 1.165) is 0 Å². The third-order valence-corrected chi connectivity index (χ3v) is 9.14. The largest absolute Gasteiger partial charge is 0.481 e. The highest BCUT2D eigenvalue weighted by Crippen LogP contribution is 2.27. The second-order valence-electron chi connectivity index (χ2n) is 15.1. The molecule has 0 saturated carbocycles. The van der Waals surface area contributed by atoms with E-state index in [0.29, 0.717) is 45.3 Å². The topological polar surface area (TPSA) is 227 Å². The van der Waals surface area contributed by atoms with Crippen molar-refractivity contribution in [3.63, 3.8) is 0 Å². The Kier molecular flexibility index (Phi) is 13.5. The van der Waals surface area contributed by atoms with Crippen molar-refractivity contribution in [3.05, 3.63) is 0 Å². The summed E-state index contributed by atoms with van der Waals surface area (Å²) in [5.41, 5.74) is -0.639. The highest BCUT2D eigenvalue weighted by atomic mass is 16.4. The van der Waals surface area contributed by atoms with Crippen molar-refractivity contribution in [2.75, 3.05) is 19.6 Å². The second kappa shape index (κ2) is 16.7. The van der Waals surface area contributed by atoms with Gasteiger partial charge < -0.3 is 41.7 Å². The molecule has 0 aromatic carbocycles. The predicted molar refractivity (Wildman–Crippen MR) is 178 cm³/mol. The van der Waals surface area contributed by atoms with Gasteiger partial charge in [-0.05, 0) is 79.2 Å². The molecule has 49 heavy (non-hydrogen) atoms. The van der Waals surface area contributed by atoms with Crippen LogP contribution in [-0.4, -0.2) is 129 Å². The summed E-state index contributed by atoms with van der Waals surface area (Å²) in [4.78, 5) is 97.0. The number of hydrogen-bond donors (Lipinski definition) is 7. The van der Waals surface area contributed by atoms with Gasteiger partial charge in [0, 0.05) is 24.5 Å². The molecule has 4 aliphatic heterocycles. The lowest BCUT2D eigenvalue weighted by atomic mass is 9.93. The number of fused-ring (bicyclic) bond motifs is 14. The third-order valence-electron chi connectivity index (χ3n) is 9.14. The van der Waals surface area contributed by atoms with Gasteiger partial charge >= 0.3 is 5.97 Å². The summed E-state index contributed by atoms with van der Waals surface area (Å²) in [6.07, 6.45) is -0.268. The van der Waals surface area contributed by atoms with E-state index in [-0.39, 0.29) is 24.2 Å². The first-order chi connectivity index (χ1) is 22.8. The average Bonchev–Trinajstić information content (AvgIpc) is 3.45. The molecule has 6 amide bonds. The number of nitrogens with zero attached hydrogens (tertiary/aromatic N) is 2. The number of carboxylic acids is 1. The number of piperidine rings is 1. The molecule has 7 N–H and O–H groups in total. The zero-order chi connectivity index (χ0) is 36.8. The van der Waals surface area contributed by atoms with E-state index in [1.54, 1.807) is 16.7 Å². The number of carbonyl (C=O) groups is 7. The minimum Gasteiger partial charge on any atom is -0.481 e. The molecule has 4 heterocycles. The Hall–Kier alpha value is -3.79. The molecule has 16 nitrogen and oxygen atoms in total. The third kappa shape index (κ3) is 10.8. The van der Waals surface area contributed by atoms with Gasteiger partial charge in [-0.15, -0.1) is 0 Å².